The second kappa shape index (κ2) is 28.0. The van der Waals surface area contributed by atoms with Crippen molar-refractivity contribution in [3.05, 3.63) is 0 Å². The highest BCUT2D eigenvalue weighted by molar-refractivity contribution is 4.55. The van der Waals surface area contributed by atoms with Gasteiger partial charge < -0.3 is 0 Å². The fourth-order valence-electron chi connectivity index (χ4n) is 4.99. The Morgan fingerprint density at radius 3 is 0.774 bits per heavy atom. The van der Waals surface area contributed by atoms with Crippen LogP contribution in [0.15, 0.2) is 0 Å². The molecule has 0 rings (SSSR count). The molecule has 1 atom stereocenters. The normalized spacial score (nSPS) is 12.5. The summed E-state index contributed by atoms with van der Waals surface area (Å²) in [5, 5.41) is 0. The van der Waals surface area contributed by atoms with Gasteiger partial charge in [0.25, 0.3) is 0 Å². The largest absolute Gasteiger partial charge is 0.0654 e. The molecule has 0 heterocycles. The Labute approximate surface area is 200 Å². The van der Waals surface area contributed by atoms with Gasteiger partial charge in [0.2, 0.25) is 0 Å². The molecule has 0 aliphatic rings. The van der Waals surface area contributed by atoms with Crippen molar-refractivity contribution in [3.63, 3.8) is 0 Å². The van der Waals surface area contributed by atoms with Crippen molar-refractivity contribution in [2.45, 2.75) is 194 Å². The lowest BCUT2D eigenvalue weighted by Gasteiger charge is -2.10. The van der Waals surface area contributed by atoms with E-state index in [1.165, 1.54) is 173 Å². The maximum absolute atomic E-state index is 2.47. The standard InChI is InChI=1S/C31H64/c1-4-6-8-9-10-11-12-13-14-15-16-17-18-19-20-21-22-23-24-25-26-28-30-31(3)29-27-7-5-2/h31H,4-30H2,1-3H3. The van der Waals surface area contributed by atoms with E-state index in [1.54, 1.807) is 0 Å². The maximum Gasteiger partial charge on any atom is -0.0443 e. The second-order valence-corrected chi connectivity index (χ2v) is 10.8. The Kier molecular flexibility index (Phi) is 28.0. The minimum atomic E-state index is 0.969. The lowest BCUT2D eigenvalue weighted by atomic mass is 9.96. The monoisotopic (exact) mass is 437 g/mol. The third kappa shape index (κ3) is 28.0. The van der Waals surface area contributed by atoms with Crippen molar-refractivity contribution in [2.24, 2.45) is 5.92 Å². The van der Waals surface area contributed by atoms with Crippen molar-refractivity contribution in [3.8, 4) is 0 Å². The van der Waals surface area contributed by atoms with Crippen molar-refractivity contribution in [1.82, 2.24) is 0 Å². The lowest BCUT2D eigenvalue weighted by molar-refractivity contribution is 0.435. The Hall–Kier alpha value is 0. The predicted molar refractivity (Wildman–Crippen MR) is 145 cm³/mol. The third-order valence-corrected chi connectivity index (χ3v) is 7.35. The van der Waals surface area contributed by atoms with Crippen LogP contribution >= 0.6 is 0 Å². The molecule has 0 saturated heterocycles. The van der Waals surface area contributed by atoms with Gasteiger partial charge in [0.05, 0.1) is 0 Å². The lowest BCUT2D eigenvalue weighted by Crippen LogP contribution is -1.94. The SMILES string of the molecule is CCCCCCCCCCCCCCCCCCCCCCCCC(C)CCCCC. The van der Waals surface area contributed by atoms with Crippen molar-refractivity contribution < 1.29 is 0 Å². The molecule has 0 saturated carbocycles. The molecule has 0 heteroatoms. The molecule has 0 aliphatic carbocycles. The molecule has 0 aromatic heterocycles. The van der Waals surface area contributed by atoms with Gasteiger partial charge in [-0.15, -0.1) is 0 Å². The minimum absolute atomic E-state index is 0.969. The molecule has 188 valence electrons. The van der Waals surface area contributed by atoms with E-state index in [0.717, 1.165) is 5.92 Å². The van der Waals surface area contributed by atoms with Crippen LogP contribution in [0.2, 0.25) is 0 Å². The van der Waals surface area contributed by atoms with Crippen molar-refractivity contribution in [2.75, 3.05) is 0 Å². The summed E-state index contributed by atoms with van der Waals surface area (Å²) in [5.41, 5.74) is 0. The highest BCUT2D eigenvalue weighted by Crippen LogP contribution is 2.18. The van der Waals surface area contributed by atoms with Gasteiger partial charge in [-0.1, -0.05) is 194 Å². The van der Waals surface area contributed by atoms with Crippen LogP contribution < -0.4 is 0 Å². The first kappa shape index (κ1) is 31.0. The first-order chi connectivity index (χ1) is 15.3. The summed E-state index contributed by atoms with van der Waals surface area (Å²) in [7, 11) is 0. The number of hydrogen-bond donors (Lipinski definition) is 0. The molecular formula is C31H64. The highest BCUT2D eigenvalue weighted by Gasteiger charge is 2.01. The summed E-state index contributed by atoms with van der Waals surface area (Å²) >= 11 is 0. The van der Waals surface area contributed by atoms with Crippen molar-refractivity contribution >= 4 is 0 Å². The summed E-state index contributed by atoms with van der Waals surface area (Å²) in [6.07, 6.45) is 39.8. The average molecular weight is 437 g/mol. The van der Waals surface area contributed by atoms with Crippen LogP contribution in [0.1, 0.15) is 194 Å². The van der Waals surface area contributed by atoms with E-state index in [2.05, 4.69) is 20.8 Å². The molecule has 0 nitrogen and oxygen atoms in total. The molecule has 0 amide bonds. The maximum atomic E-state index is 2.47. The zero-order valence-electron chi connectivity index (χ0n) is 22.7. The Morgan fingerprint density at radius 1 is 0.290 bits per heavy atom. The van der Waals surface area contributed by atoms with Crippen LogP contribution in [0.4, 0.5) is 0 Å². The molecule has 0 fully saturated rings. The highest BCUT2D eigenvalue weighted by atomic mass is 14.1. The molecule has 0 aliphatic heterocycles. The molecule has 0 aromatic rings. The molecule has 0 aromatic carbocycles. The van der Waals surface area contributed by atoms with Gasteiger partial charge in [0.15, 0.2) is 0 Å². The van der Waals surface area contributed by atoms with Gasteiger partial charge in [0, 0.05) is 0 Å². The second-order valence-electron chi connectivity index (χ2n) is 10.8. The molecule has 1 unspecified atom stereocenters. The van der Waals surface area contributed by atoms with E-state index >= 15 is 0 Å². The van der Waals surface area contributed by atoms with Gasteiger partial charge in [0.1, 0.15) is 0 Å². The topological polar surface area (TPSA) is 0 Å². The van der Waals surface area contributed by atoms with E-state index in [4.69, 9.17) is 0 Å². The predicted octanol–water partition coefficient (Wildman–Crippen LogP) is 12.2. The van der Waals surface area contributed by atoms with Crippen LogP contribution in [0.5, 0.6) is 0 Å². The summed E-state index contributed by atoms with van der Waals surface area (Å²) in [6, 6.07) is 0. The summed E-state index contributed by atoms with van der Waals surface area (Å²) in [4.78, 5) is 0. The Bertz CT molecular complexity index is 294. The Morgan fingerprint density at radius 2 is 0.484 bits per heavy atom. The quantitative estimate of drug-likeness (QED) is 0.112. The zero-order chi connectivity index (χ0) is 22.7. The molecule has 0 spiro atoms. The van der Waals surface area contributed by atoms with Gasteiger partial charge in [-0.3, -0.25) is 0 Å². The van der Waals surface area contributed by atoms with Crippen molar-refractivity contribution in [1.29, 1.82) is 0 Å². The number of rotatable bonds is 27. The average Bonchev–Trinajstić information content (AvgIpc) is 2.77. The summed E-state index contributed by atoms with van der Waals surface area (Å²) < 4.78 is 0. The van der Waals surface area contributed by atoms with Crippen LogP contribution in [0.3, 0.4) is 0 Å². The van der Waals surface area contributed by atoms with Gasteiger partial charge in [-0.05, 0) is 5.92 Å². The van der Waals surface area contributed by atoms with Gasteiger partial charge >= 0.3 is 0 Å². The number of unbranched alkanes of at least 4 members (excludes halogenated alkanes) is 23. The van der Waals surface area contributed by atoms with Crippen LogP contribution in [0.25, 0.3) is 0 Å². The Balaban J connectivity index is 3.05. The fraction of sp³-hybridized carbons (Fsp3) is 1.00. The van der Waals surface area contributed by atoms with E-state index in [0.29, 0.717) is 0 Å². The first-order valence-corrected chi connectivity index (χ1v) is 15.3. The molecule has 0 bridgehead atoms. The molecule has 31 heavy (non-hydrogen) atoms. The summed E-state index contributed by atoms with van der Waals surface area (Å²) in [6.45, 7) is 7.08. The van der Waals surface area contributed by atoms with E-state index < -0.39 is 0 Å². The summed E-state index contributed by atoms with van der Waals surface area (Å²) in [5.74, 6) is 0.969. The van der Waals surface area contributed by atoms with Crippen LogP contribution in [-0.2, 0) is 0 Å². The minimum Gasteiger partial charge on any atom is -0.0654 e. The zero-order valence-corrected chi connectivity index (χ0v) is 22.7. The van der Waals surface area contributed by atoms with E-state index in [-0.39, 0.29) is 0 Å². The third-order valence-electron chi connectivity index (χ3n) is 7.35. The van der Waals surface area contributed by atoms with E-state index in [1.807, 2.05) is 0 Å². The smallest absolute Gasteiger partial charge is 0.0443 e. The van der Waals surface area contributed by atoms with Gasteiger partial charge in [-0.2, -0.15) is 0 Å². The van der Waals surface area contributed by atoms with Gasteiger partial charge in [-0.25, -0.2) is 0 Å². The molecule has 0 N–H and O–H groups in total. The fourth-order valence-corrected chi connectivity index (χ4v) is 4.99. The first-order valence-electron chi connectivity index (χ1n) is 15.3. The van der Waals surface area contributed by atoms with Crippen LogP contribution in [-0.4, -0.2) is 0 Å². The molecule has 0 radical (unpaired) electrons. The van der Waals surface area contributed by atoms with E-state index in [9.17, 15) is 0 Å². The van der Waals surface area contributed by atoms with Crippen LogP contribution in [0, 0.1) is 5.92 Å². The number of hydrogen-bond acceptors (Lipinski definition) is 0. The molecular weight excluding hydrogens is 372 g/mol.